The third-order valence-electron chi connectivity index (χ3n) is 1.32. The van der Waals surface area contributed by atoms with Gasteiger partial charge in [0.1, 0.15) is 0 Å². The zero-order valence-electron chi connectivity index (χ0n) is 4.71. The molecule has 0 aliphatic heterocycles. The van der Waals surface area contributed by atoms with Crippen molar-refractivity contribution < 1.29 is 27.7 Å². The average Bonchev–Trinajstić information content (AvgIpc) is 1.86. The minimum absolute atomic E-state index is 0. The maximum Gasteiger partial charge on any atom is 0.0540 e. The molecule has 0 atom stereocenters. The van der Waals surface area contributed by atoms with Gasteiger partial charge >= 0.3 is 0 Å². The molecule has 2 nitrogen and oxygen atoms in total. The minimum Gasteiger partial charge on any atom is -0.412 e. The van der Waals surface area contributed by atoms with E-state index in [1.165, 1.54) is 12.8 Å². The standard InChI is InChI=1S/C5H10O.Fe.H2O/c6-5-3-1-2-4-5;;/h5-6H,1-4H2;;1H2. The number of hydrogen-bond donors (Lipinski definition) is 1. The van der Waals surface area contributed by atoms with E-state index in [0.717, 1.165) is 12.8 Å². The summed E-state index contributed by atoms with van der Waals surface area (Å²) in [6, 6.07) is 0. The van der Waals surface area contributed by atoms with E-state index in [1.807, 2.05) is 0 Å². The molecular weight excluding hydrogens is 148 g/mol. The van der Waals surface area contributed by atoms with Crippen molar-refractivity contribution in [1.29, 1.82) is 0 Å². The Morgan fingerprint density at radius 2 is 1.50 bits per heavy atom. The van der Waals surface area contributed by atoms with E-state index < -0.39 is 0 Å². The van der Waals surface area contributed by atoms with Gasteiger partial charge in [-0.15, -0.1) is 0 Å². The van der Waals surface area contributed by atoms with E-state index >= 15 is 0 Å². The van der Waals surface area contributed by atoms with Gasteiger partial charge in [0.15, 0.2) is 0 Å². The van der Waals surface area contributed by atoms with Crippen molar-refractivity contribution in [3.8, 4) is 0 Å². The van der Waals surface area contributed by atoms with Crippen LogP contribution in [-0.2, 0) is 17.1 Å². The monoisotopic (exact) mass is 160 g/mol. The second-order valence-corrected chi connectivity index (χ2v) is 1.94. The van der Waals surface area contributed by atoms with Gasteiger partial charge in [0.05, 0.1) is 6.10 Å². The van der Waals surface area contributed by atoms with Gasteiger partial charge in [-0.3, -0.25) is 0 Å². The van der Waals surface area contributed by atoms with Crippen LogP contribution in [0.4, 0.5) is 0 Å². The summed E-state index contributed by atoms with van der Waals surface area (Å²) >= 11 is 0. The van der Waals surface area contributed by atoms with E-state index in [1.54, 1.807) is 0 Å². The fraction of sp³-hybridized carbons (Fsp3) is 1.00. The fourth-order valence-electron chi connectivity index (χ4n) is 0.904. The molecule has 0 aromatic rings. The van der Waals surface area contributed by atoms with Crippen LogP contribution in [0.2, 0.25) is 0 Å². The molecule has 1 aliphatic carbocycles. The van der Waals surface area contributed by atoms with Crippen LogP contribution in [-0.4, -0.2) is 16.7 Å². The second-order valence-electron chi connectivity index (χ2n) is 1.94. The van der Waals surface area contributed by atoms with E-state index in [0.29, 0.717) is 0 Å². The molecule has 0 heterocycles. The molecule has 0 amide bonds. The third kappa shape index (κ3) is 3.44. The summed E-state index contributed by atoms with van der Waals surface area (Å²) in [5, 5.41) is 8.73. The van der Waals surface area contributed by atoms with E-state index in [-0.39, 0.29) is 28.6 Å². The Hall–Kier alpha value is 0.439. The van der Waals surface area contributed by atoms with Crippen molar-refractivity contribution in [2.45, 2.75) is 31.8 Å². The van der Waals surface area contributed by atoms with Crippen molar-refractivity contribution in [1.82, 2.24) is 0 Å². The Morgan fingerprint density at radius 3 is 1.62 bits per heavy atom. The van der Waals surface area contributed by atoms with E-state index in [4.69, 9.17) is 5.11 Å². The topological polar surface area (TPSA) is 51.7 Å². The summed E-state index contributed by atoms with van der Waals surface area (Å²) in [5.74, 6) is 0. The molecule has 1 aliphatic rings. The molecule has 3 N–H and O–H groups in total. The van der Waals surface area contributed by atoms with Gasteiger partial charge < -0.3 is 10.6 Å². The van der Waals surface area contributed by atoms with Gasteiger partial charge in [0.25, 0.3) is 0 Å². The fourth-order valence-corrected chi connectivity index (χ4v) is 0.904. The largest absolute Gasteiger partial charge is 0.412 e. The van der Waals surface area contributed by atoms with Crippen LogP contribution in [0.25, 0.3) is 0 Å². The normalized spacial score (nSPS) is 19.1. The predicted molar refractivity (Wildman–Crippen MR) is 28.1 cm³/mol. The summed E-state index contributed by atoms with van der Waals surface area (Å²) in [6.45, 7) is 0. The van der Waals surface area contributed by atoms with Crippen molar-refractivity contribution in [2.24, 2.45) is 0 Å². The number of aliphatic hydroxyl groups excluding tert-OH is 1. The van der Waals surface area contributed by atoms with E-state index in [9.17, 15) is 0 Å². The molecule has 0 aromatic carbocycles. The quantitative estimate of drug-likeness (QED) is 0.501. The van der Waals surface area contributed by atoms with Crippen LogP contribution >= 0.6 is 0 Å². The Balaban J connectivity index is 0. The van der Waals surface area contributed by atoms with Crippen LogP contribution in [0.15, 0.2) is 0 Å². The van der Waals surface area contributed by atoms with Gasteiger partial charge in [-0.05, 0) is 12.8 Å². The van der Waals surface area contributed by atoms with Crippen molar-refractivity contribution in [3.63, 3.8) is 0 Å². The molecule has 3 heteroatoms. The number of rotatable bonds is 0. The summed E-state index contributed by atoms with van der Waals surface area (Å²) < 4.78 is 0. The molecule has 8 heavy (non-hydrogen) atoms. The SMILES string of the molecule is O.OC1CCCC1.[Fe]. The number of aliphatic hydroxyl groups is 1. The second kappa shape index (κ2) is 5.57. The van der Waals surface area contributed by atoms with Crippen molar-refractivity contribution in [2.75, 3.05) is 0 Å². The Kier molecular flexibility index (Phi) is 7.85. The van der Waals surface area contributed by atoms with Crippen LogP contribution < -0.4 is 0 Å². The van der Waals surface area contributed by atoms with Crippen LogP contribution in [0.3, 0.4) is 0 Å². The van der Waals surface area contributed by atoms with Gasteiger partial charge in [-0.1, -0.05) is 12.8 Å². The molecule has 0 bridgehead atoms. The summed E-state index contributed by atoms with van der Waals surface area (Å²) in [5.41, 5.74) is 0. The molecule has 1 fully saturated rings. The summed E-state index contributed by atoms with van der Waals surface area (Å²) in [6.07, 6.45) is 4.60. The maximum absolute atomic E-state index is 8.73. The van der Waals surface area contributed by atoms with Crippen LogP contribution in [0, 0.1) is 0 Å². The van der Waals surface area contributed by atoms with Gasteiger partial charge in [0, 0.05) is 17.1 Å². The van der Waals surface area contributed by atoms with Gasteiger partial charge in [0.2, 0.25) is 0 Å². The predicted octanol–water partition coefficient (Wildman–Crippen LogP) is 0.0941. The molecule has 0 aromatic heterocycles. The van der Waals surface area contributed by atoms with Crippen LogP contribution in [0.1, 0.15) is 25.7 Å². The first-order valence-corrected chi connectivity index (χ1v) is 2.57. The first kappa shape index (κ1) is 11.3. The van der Waals surface area contributed by atoms with Crippen molar-refractivity contribution >= 4 is 0 Å². The molecule has 1 rings (SSSR count). The Morgan fingerprint density at radius 1 is 1.12 bits per heavy atom. The molecule has 0 spiro atoms. The zero-order valence-corrected chi connectivity index (χ0v) is 5.81. The molecule has 0 unspecified atom stereocenters. The molecule has 52 valence electrons. The van der Waals surface area contributed by atoms with Gasteiger partial charge in [-0.25, -0.2) is 0 Å². The first-order valence-electron chi connectivity index (χ1n) is 2.57. The molecular formula is C5H12FeO2. The Bertz CT molecular complexity index is 43.7. The average molecular weight is 160 g/mol. The summed E-state index contributed by atoms with van der Waals surface area (Å²) in [4.78, 5) is 0. The first-order chi connectivity index (χ1) is 2.89. The molecule has 0 radical (unpaired) electrons. The zero-order chi connectivity index (χ0) is 4.41. The Labute approximate surface area is 60.1 Å². The van der Waals surface area contributed by atoms with Gasteiger partial charge in [-0.2, -0.15) is 0 Å². The molecule has 0 saturated heterocycles. The number of hydrogen-bond acceptors (Lipinski definition) is 1. The van der Waals surface area contributed by atoms with Crippen molar-refractivity contribution in [3.05, 3.63) is 0 Å². The minimum atomic E-state index is 0. The third-order valence-corrected chi connectivity index (χ3v) is 1.32. The van der Waals surface area contributed by atoms with E-state index in [2.05, 4.69) is 0 Å². The summed E-state index contributed by atoms with van der Waals surface area (Å²) in [7, 11) is 0. The maximum atomic E-state index is 8.73. The smallest absolute Gasteiger partial charge is 0.0540 e. The molecule has 1 saturated carbocycles. The van der Waals surface area contributed by atoms with Crippen LogP contribution in [0.5, 0.6) is 0 Å².